The Kier molecular flexibility index (Phi) is 6.46. The van der Waals surface area contributed by atoms with Gasteiger partial charge in [-0.2, -0.15) is 0 Å². The van der Waals surface area contributed by atoms with E-state index in [0.717, 1.165) is 0 Å². The molecule has 0 saturated carbocycles. The summed E-state index contributed by atoms with van der Waals surface area (Å²) in [6, 6.07) is 13.3. The van der Waals surface area contributed by atoms with Gasteiger partial charge in [-0.25, -0.2) is 4.79 Å². The summed E-state index contributed by atoms with van der Waals surface area (Å²) in [4.78, 5) is 49.4. The molecule has 1 heterocycles. The predicted octanol–water partition coefficient (Wildman–Crippen LogP) is 2.81. The molecule has 1 fully saturated rings. The highest BCUT2D eigenvalue weighted by atomic mass is 16.5. The molecule has 8 heteroatoms. The van der Waals surface area contributed by atoms with E-state index in [0.29, 0.717) is 22.6 Å². The molecule has 8 nitrogen and oxygen atoms in total. The molecule has 2 aromatic rings. The van der Waals surface area contributed by atoms with Crippen molar-refractivity contribution in [3.05, 3.63) is 54.1 Å². The first-order chi connectivity index (χ1) is 14.4. The van der Waals surface area contributed by atoms with Gasteiger partial charge in [0, 0.05) is 37.0 Å². The van der Waals surface area contributed by atoms with Gasteiger partial charge >= 0.3 is 5.97 Å². The van der Waals surface area contributed by atoms with Crippen LogP contribution < -0.4 is 15.5 Å². The molecule has 3 amide bonds. The summed E-state index contributed by atoms with van der Waals surface area (Å²) in [6.45, 7) is 3.70. The van der Waals surface area contributed by atoms with Crippen LogP contribution in [-0.2, 0) is 19.1 Å². The SMILES string of the molecule is CCOC(=O)c1ccc(N2C[C@@H](C(=O)Nc3ccc(NC(C)=O)cc3)CC2=O)cc1. The molecule has 1 atom stereocenters. The van der Waals surface area contributed by atoms with Crippen molar-refractivity contribution in [1.29, 1.82) is 0 Å². The van der Waals surface area contributed by atoms with Crippen LogP contribution in [0.15, 0.2) is 48.5 Å². The number of anilines is 3. The lowest BCUT2D eigenvalue weighted by Crippen LogP contribution is -2.28. The summed E-state index contributed by atoms with van der Waals surface area (Å²) >= 11 is 0. The molecule has 0 spiro atoms. The van der Waals surface area contributed by atoms with Gasteiger partial charge in [-0.05, 0) is 55.5 Å². The number of nitrogens with zero attached hydrogens (tertiary/aromatic N) is 1. The lowest BCUT2D eigenvalue weighted by atomic mass is 10.1. The number of hydrogen-bond acceptors (Lipinski definition) is 5. The van der Waals surface area contributed by atoms with E-state index in [1.165, 1.54) is 6.92 Å². The van der Waals surface area contributed by atoms with E-state index in [4.69, 9.17) is 4.74 Å². The van der Waals surface area contributed by atoms with Crippen LogP contribution >= 0.6 is 0 Å². The van der Waals surface area contributed by atoms with Gasteiger partial charge in [0.15, 0.2) is 0 Å². The third-order valence-electron chi connectivity index (χ3n) is 4.66. The second-order valence-electron chi connectivity index (χ2n) is 6.92. The van der Waals surface area contributed by atoms with E-state index in [-0.39, 0.29) is 37.3 Å². The van der Waals surface area contributed by atoms with Crippen molar-refractivity contribution >= 4 is 40.8 Å². The monoisotopic (exact) mass is 409 g/mol. The minimum Gasteiger partial charge on any atom is -0.462 e. The van der Waals surface area contributed by atoms with E-state index < -0.39 is 11.9 Å². The number of esters is 1. The smallest absolute Gasteiger partial charge is 0.338 e. The van der Waals surface area contributed by atoms with Crippen LogP contribution in [0, 0.1) is 5.92 Å². The fourth-order valence-electron chi connectivity index (χ4n) is 3.21. The molecule has 0 unspecified atom stereocenters. The van der Waals surface area contributed by atoms with Crippen molar-refractivity contribution < 1.29 is 23.9 Å². The molecule has 3 rings (SSSR count). The van der Waals surface area contributed by atoms with E-state index in [1.807, 2.05) is 0 Å². The normalized spacial score (nSPS) is 15.6. The second kappa shape index (κ2) is 9.21. The van der Waals surface area contributed by atoms with Crippen molar-refractivity contribution in [1.82, 2.24) is 0 Å². The van der Waals surface area contributed by atoms with Crippen LogP contribution in [-0.4, -0.2) is 36.8 Å². The Morgan fingerprint density at radius 2 is 1.60 bits per heavy atom. The van der Waals surface area contributed by atoms with Crippen molar-refractivity contribution in [3.63, 3.8) is 0 Å². The molecule has 0 radical (unpaired) electrons. The van der Waals surface area contributed by atoms with Crippen LogP contribution in [0.3, 0.4) is 0 Å². The van der Waals surface area contributed by atoms with Crippen LogP contribution in [0.2, 0.25) is 0 Å². The zero-order valence-electron chi connectivity index (χ0n) is 16.8. The van der Waals surface area contributed by atoms with Crippen molar-refractivity contribution in [3.8, 4) is 0 Å². The standard InChI is InChI=1S/C22H23N3O5/c1-3-30-22(29)15-4-10-19(11-5-15)25-13-16(12-20(25)27)21(28)24-18-8-6-17(7-9-18)23-14(2)26/h4-11,16H,3,12-13H2,1-2H3,(H,23,26)(H,24,28)/t16-/m0/s1. The minimum atomic E-state index is -0.489. The van der Waals surface area contributed by atoms with Crippen LogP contribution in [0.4, 0.5) is 17.1 Å². The Morgan fingerprint density at radius 3 is 2.17 bits per heavy atom. The van der Waals surface area contributed by atoms with Gasteiger partial charge in [-0.15, -0.1) is 0 Å². The number of benzene rings is 2. The molecule has 30 heavy (non-hydrogen) atoms. The lowest BCUT2D eigenvalue weighted by Gasteiger charge is -2.17. The molecule has 156 valence electrons. The summed E-state index contributed by atoms with van der Waals surface area (Å²) in [7, 11) is 0. The van der Waals surface area contributed by atoms with E-state index in [1.54, 1.807) is 60.4 Å². The van der Waals surface area contributed by atoms with E-state index >= 15 is 0 Å². The van der Waals surface area contributed by atoms with Crippen molar-refractivity contribution in [2.75, 3.05) is 28.7 Å². The maximum absolute atomic E-state index is 12.6. The zero-order valence-corrected chi connectivity index (χ0v) is 16.8. The number of rotatable bonds is 6. The average Bonchev–Trinajstić information content (AvgIpc) is 3.11. The first-order valence-electron chi connectivity index (χ1n) is 9.63. The van der Waals surface area contributed by atoms with Crippen LogP contribution in [0.1, 0.15) is 30.6 Å². The van der Waals surface area contributed by atoms with Gasteiger partial charge in [-0.3, -0.25) is 14.4 Å². The number of ether oxygens (including phenoxy) is 1. The number of carbonyl (C=O) groups excluding carboxylic acids is 4. The quantitative estimate of drug-likeness (QED) is 0.714. The second-order valence-corrected chi connectivity index (χ2v) is 6.92. The molecule has 2 aromatic carbocycles. The van der Waals surface area contributed by atoms with Gasteiger partial charge < -0.3 is 20.3 Å². The number of hydrogen-bond donors (Lipinski definition) is 2. The summed E-state index contributed by atoms with van der Waals surface area (Å²) in [5.74, 6) is -1.48. The average molecular weight is 409 g/mol. The number of amides is 3. The first-order valence-corrected chi connectivity index (χ1v) is 9.63. The Morgan fingerprint density at radius 1 is 1.00 bits per heavy atom. The third kappa shape index (κ3) is 5.02. The fraction of sp³-hybridized carbons (Fsp3) is 0.273. The molecular formula is C22H23N3O5. The number of nitrogens with one attached hydrogen (secondary N) is 2. The molecule has 1 aliphatic rings. The van der Waals surface area contributed by atoms with Crippen LogP contribution in [0.25, 0.3) is 0 Å². The minimum absolute atomic E-state index is 0.107. The Balaban J connectivity index is 1.61. The molecule has 0 aliphatic carbocycles. The van der Waals surface area contributed by atoms with E-state index in [2.05, 4.69) is 10.6 Å². The van der Waals surface area contributed by atoms with Gasteiger partial charge in [0.1, 0.15) is 0 Å². The molecule has 2 N–H and O–H groups in total. The molecule has 1 saturated heterocycles. The Labute approximate surface area is 174 Å². The summed E-state index contributed by atoms with van der Waals surface area (Å²) in [5, 5.41) is 5.46. The van der Waals surface area contributed by atoms with Gasteiger partial charge in [0.2, 0.25) is 17.7 Å². The Bertz CT molecular complexity index is 954. The highest BCUT2D eigenvalue weighted by molar-refractivity contribution is 6.04. The fourth-order valence-corrected chi connectivity index (χ4v) is 3.21. The van der Waals surface area contributed by atoms with Crippen molar-refractivity contribution in [2.45, 2.75) is 20.3 Å². The zero-order chi connectivity index (χ0) is 21.7. The van der Waals surface area contributed by atoms with Gasteiger partial charge in [0.25, 0.3) is 0 Å². The molecule has 0 aromatic heterocycles. The van der Waals surface area contributed by atoms with Crippen molar-refractivity contribution in [2.24, 2.45) is 5.92 Å². The molecule has 0 bridgehead atoms. The van der Waals surface area contributed by atoms with Crippen LogP contribution in [0.5, 0.6) is 0 Å². The highest BCUT2D eigenvalue weighted by Gasteiger charge is 2.35. The van der Waals surface area contributed by atoms with E-state index in [9.17, 15) is 19.2 Å². The van der Waals surface area contributed by atoms with Gasteiger partial charge in [0.05, 0.1) is 18.1 Å². The third-order valence-corrected chi connectivity index (χ3v) is 4.66. The lowest BCUT2D eigenvalue weighted by molar-refractivity contribution is -0.122. The largest absolute Gasteiger partial charge is 0.462 e. The summed E-state index contributed by atoms with van der Waals surface area (Å²) in [5.41, 5.74) is 2.25. The predicted molar refractivity (Wildman–Crippen MR) is 112 cm³/mol. The summed E-state index contributed by atoms with van der Waals surface area (Å²) in [6.07, 6.45) is 0.107. The number of carbonyl (C=O) groups is 4. The summed E-state index contributed by atoms with van der Waals surface area (Å²) < 4.78 is 4.95. The molecular weight excluding hydrogens is 386 g/mol. The highest BCUT2D eigenvalue weighted by Crippen LogP contribution is 2.26. The van der Waals surface area contributed by atoms with Gasteiger partial charge in [-0.1, -0.05) is 0 Å². The maximum atomic E-state index is 12.6. The first kappa shape index (κ1) is 21.0. The topological polar surface area (TPSA) is 105 Å². The molecule has 1 aliphatic heterocycles. The Hall–Kier alpha value is -3.68. The maximum Gasteiger partial charge on any atom is 0.338 e.